The van der Waals surface area contributed by atoms with Crippen LogP contribution in [0.2, 0.25) is 0 Å². The van der Waals surface area contributed by atoms with E-state index in [2.05, 4.69) is 0 Å². The first-order chi connectivity index (χ1) is 6.11. The average molecular weight is 221 g/mol. The minimum absolute atomic E-state index is 0.132. The molecule has 0 heterocycles. The Kier molecular flexibility index (Phi) is 3.94. The molecular formula is C9H10Cl2O2. The van der Waals surface area contributed by atoms with Crippen molar-refractivity contribution >= 4 is 33.7 Å². The zero-order chi connectivity index (χ0) is 9.84. The van der Waals surface area contributed by atoms with Crippen molar-refractivity contribution in [1.82, 2.24) is 0 Å². The number of carbonyl (C=O) groups excluding carboxylic acids is 2. The summed E-state index contributed by atoms with van der Waals surface area (Å²) in [5.41, 5.74) is 0.374. The maximum absolute atomic E-state index is 11.0. The highest BCUT2D eigenvalue weighted by atomic mass is 35.5. The van der Waals surface area contributed by atoms with Crippen LogP contribution >= 0.6 is 23.2 Å². The van der Waals surface area contributed by atoms with Crippen LogP contribution < -0.4 is 0 Å². The van der Waals surface area contributed by atoms with Gasteiger partial charge in [0.05, 0.1) is 0 Å². The third-order valence-electron chi connectivity index (χ3n) is 2.29. The van der Waals surface area contributed by atoms with E-state index in [1.54, 1.807) is 0 Å². The van der Waals surface area contributed by atoms with Crippen LogP contribution in [0.15, 0.2) is 11.6 Å². The molecule has 1 saturated carbocycles. The molecule has 72 valence electrons. The quantitative estimate of drug-likeness (QED) is 0.542. The summed E-state index contributed by atoms with van der Waals surface area (Å²) in [4.78, 5) is 21.5. The fraction of sp³-hybridized carbons (Fsp3) is 0.556. The molecule has 4 heteroatoms. The summed E-state index contributed by atoms with van der Waals surface area (Å²) >= 11 is 10.5. The summed E-state index contributed by atoms with van der Waals surface area (Å²) in [5, 5.41) is -1.18. The molecule has 0 aromatic heterocycles. The van der Waals surface area contributed by atoms with Gasteiger partial charge in [0.25, 0.3) is 0 Å². The molecule has 13 heavy (non-hydrogen) atoms. The van der Waals surface area contributed by atoms with Crippen LogP contribution in [-0.4, -0.2) is 10.5 Å². The summed E-state index contributed by atoms with van der Waals surface area (Å²) in [6.45, 7) is 0. The van der Waals surface area contributed by atoms with Crippen LogP contribution in [0.1, 0.15) is 25.7 Å². The van der Waals surface area contributed by atoms with Gasteiger partial charge in [0.2, 0.25) is 10.5 Å². The van der Waals surface area contributed by atoms with Crippen LogP contribution in [0, 0.1) is 5.92 Å². The van der Waals surface area contributed by atoms with E-state index in [4.69, 9.17) is 23.2 Å². The predicted octanol–water partition coefficient (Wildman–Crippen LogP) is 2.63. The summed E-state index contributed by atoms with van der Waals surface area (Å²) in [6, 6.07) is 0. The molecular weight excluding hydrogens is 211 g/mol. The highest BCUT2D eigenvalue weighted by molar-refractivity contribution is 6.70. The van der Waals surface area contributed by atoms with E-state index < -0.39 is 10.5 Å². The monoisotopic (exact) mass is 220 g/mol. The third kappa shape index (κ3) is 3.12. The lowest BCUT2D eigenvalue weighted by molar-refractivity contribution is -0.110. The first-order valence-electron chi connectivity index (χ1n) is 4.22. The number of rotatable bonds is 3. The van der Waals surface area contributed by atoms with Gasteiger partial charge in [-0.05, 0) is 42.0 Å². The SMILES string of the molecule is O=C(Cl)/C=C(/C(=O)Cl)C1CCCC1. The number of carbonyl (C=O) groups is 2. The van der Waals surface area contributed by atoms with E-state index in [1.807, 2.05) is 0 Å². The Bertz CT molecular complexity index is 252. The van der Waals surface area contributed by atoms with Crippen molar-refractivity contribution < 1.29 is 9.59 Å². The molecule has 1 fully saturated rings. The van der Waals surface area contributed by atoms with Crippen molar-refractivity contribution in [2.24, 2.45) is 5.92 Å². The molecule has 0 aromatic carbocycles. The van der Waals surface area contributed by atoms with Crippen LogP contribution in [0.3, 0.4) is 0 Å². The van der Waals surface area contributed by atoms with Crippen molar-refractivity contribution in [3.8, 4) is 0 Å². The summed E-state index contributed by atoms with van der Waals surface area (Å²) < 4.78 is 0. The van der Waals surface area contributed by atoms with Crippen LogP contribution in [0.5, 0.6) is 0 Å². The highest BCUT2D eigenvalue weighted by Gasteiger charge is 2.23. The molecule has 0 spiro atoms. The summed E-state index contributed by atoms with van der Waals surface area (Å²) in [6.07, 6.45) is 5.17. The van der Waals surface area contributed by atoms with Crippen molar-refractivity contribution in [3.63, 3.8) is 0 Å². The van der Waals surface area contributed by atoms with Crippen molar-refractivity contribution in [1.29, 1.82) is 0 Å². The molecule has 0 bridgehead atoms. The molecule has 2 nitrogen and oxygen atoms in total. The molecule has 0 aromatic rings. The van der Waals surface area contributed by atoms with Crippen LogP contribution in [0.25, 0.3) is 0 Å². The minimum Gasteiger partial charge on any atom is -0.276 e. The fourth-order valence-corrected chi connectivity index (χ4v) is 2.02. The lowest BCUT2D eigenvalue weighted by Gasteiger charge is -2.08. The first-order valence-corrected chi connectivity index (χ1v) is 4.97. The van der Waals surface area contributed by atoms with Crippen LogP contribution in [-0.2, 0) is 9.59 Å². The molecule has 1 rings (SSSR count). The molecule has 1 aliphatic carbocycles. The second-order valence-corrected chi connectivity index (χ2v) is 3.87. The number of hydrogen-bond donors (Lipinski definition) is 0. The first kappa shape index (κ1) is 10.7. The molecule has 0 atom stereocenters. The smallest absolute Gasteiger partial charge is 0.248 e. The van der Waals surface area contributed by atoms with Crippen molar-refractivity contribution in [2.45, 2.75) is 25.7 Å². The van der Waals surface area contributed by atoms with E-state index in [1.165, 1.54) is 0 Å². The Hall–Kier alpha value is -0.340. The van der Waals surface area contributed by atoms with Gasteiger partial charge in [0.1, 0.15) is 0 Å². The summed E-state index contributed by atoms with van der Waals surface area (Å²) in [7, 11) is 0. The van der Waals surface area contributed by atoms with E-state index in [-0.39, 0.29) is 5.92 Å². The average Bonchev–Trinajstić information content (AvgIpc) is 2.50. The van der Waals surface area contributed by atoms with Crippen molar-refractivity contribution in [3.05, 3.63) is 11.6 Å². The number of allylic oxidation sites excluding steroid dienone is 2. The lowest BCUT2D eigenvalue weighted by atomic mass is 9.98. The standard InChI is InChI=1S/C9H10Cl2O2/c10-8(12)5-7(9(11)13)6-3-1-2-4-6/h5-6H,1-4H2/b7-5+. The second-order valence-electron chi connectivity index (χ2n) is 3.16. The zero-order valence-corrected chi connectivity index (χ0v) is 8.57. The third-order valence-corrected chi connectivity index (χ3v) is 2.62. The van der Waals surface area contributed by atoms with Gasteiger partial charge in [-0.25, -0.2) is 0 Å². The van der Waals surface area contributed by atoms with E-state index in [9.17, 15) is 9.59 Å². The fourth-order valence-electron chi connectivity index (χ4n) is 1.69. The van der Waals surface area contributed by atoms with Gasteiger partial charge >= 0.3 is 0 Å². The highest BCUT2D eigenvalue weighted by Crippen LogP contribution is 2.32. The normalized spacial score (nSPS) is 19.1. The Morgan fingerprint density at radius 2 is 1.69 bits per heavy atom. The van der Waals surface area contributed by atoms with Gasteiger partial charge in [0.15, 0.2) is 0 Å². The van der Waals surface area contributed by atoms with Gasteiger partial charge in [-0.3, -0.25) is 9.59 Å². The molecule has 0 N–H and O–H groups in total. The Morgan fingerprint density at radius 3 is 2.08 bits per heavy atom. The van der Waals surface area contributed by atoms with Gasteiger partial charge < -0.3 is 0 Å². The second kappa shape index (κ2) is 4.77. The Labute approximate surface area is 86.9 Å². The van der Waals surface area contributed by atoms with Gasteiger partial charge in [-0.1, -0.05) is 12.8 Å². The summed E-state index contributed by atoms with van der Waals surface area (Å²) in [5.74, 6) is 0.132. The molecule has 1 aliphatic rings. The van der Waals surface area contributed by atoms with E-state index >= 15 is 0 Å². The molecule has 0 aliphatic heterocycles. The lowest BCUT2D eigenvalue weighted by Crippen LogP contribution is -2.06. The predicted molar refractivity (Wildman–Crippen MR) is 51.8 cm³/mol. The molecule has 0 saturated heterocycles. The topological polar surface area (TPSA) is 34.1 Å². The minimum atomic E-state index is -0.629. The molecule has 0 radical (unpaired) electrons. The van der Waals surface area contributed by atoms with Crippen LogP contribution in [0.4, 0.5) is 0 Å². The molecule has 0 amide bonds. The zero-order valence-electron chi connectivity index (χ0n) is 7.06. The van der Waals surface area contributed by atoms with Gasteiger partial charge in [-0.15, -0.1) is 0 Å². The number of hydrogen-bond acceptors (Lipinski definition) is 2. The Morgan fingerprint density at radius 1 is 1.15 bits per heavy atom. The van der Waals surface area contributed by atoms with Gasteiger partial charge in [-0.2, -0.15) is 0 Å². The molecule has 0 unspecified atom stereocenters. The van der Waals surface area contributed by atoms with Gasteiger partial charge in [0, 0.05) is 11.6 Å². The van der Waals surface area contributed by atoms with E-state index in [0.717, 1.165) is 31.8 Å². The van der Waals surface area contributed by atoms with E-state index in [0.29, 0.717) is 5.57 Å². The Balaban J connectivity index is 2.78. The number of halogens is 2. The maximum atomic E-state index is 11.0. The maximum Gasteiger partial charge on any atom is 0.248 e. The largest absolute Gasteiger partial charge is 0.276 e. The van der Waals surface area contributed by atoms with Crippen molar-refractivity contribution in [2.75, 3.05) is 0 Å².